The van der Waals surface area contributed by atoms with E-state index in [0.29, 0.717) is 5.82 Å². The van der Waals surface area contributed by atoms with Crippen LogP contribution in [-0.2, 0) is 0 Å². The third-order valence-electron chi connectivity index (χ3n) is 12.6. The van der Waals surface area contributed by atoms with Gasteiger partial charge >= 0.3 is 0 Å². The molecule has 0 N–H and O–H groups in total. The second-order valence-corrected chi connectivity index (χ2v) is 17.1. The molecule has 0 atom stereocenters. The first-order valence-electron chi connectivity index (χ1n) is 20.8. The molecule has 0 saturated carbocycles. The highest BCUT2D eigenvalue weighted by molar-refractivity contribution is 7.22. The van der Waals surface area contributed by atoms with Gasteiger partial charge in [-0.05, 0) is 111 Å². The van der Waals surface area contributed by atoms with Gasteiger partial charge in [0.25, 0.3) is 0 Å². The summed E-state index contributed by atoms with van der Waals surface area (Å²) in [5.41, 5.74) is 8.44. The Hall–Kier alpha value is -7.72. The van der Waals surface area contributed by atoms with Gasteiger partial charge in [-0.15, -0.1) is 11.3 Å². The maximum atomic E-state index is 5.23. The minimum Gasteiger partial charge on any atom is -0.228 e. The van der Waals surface area contributed by atoms with Gasteiger partial charge in [0.15, 0.2) is 5.82 Å². The molecule has 2 aromatic heterocycles. The Morgan fingerprint density at radius 3 is 1.52 bits per heavy atom. The highest BCUT2D eigenvalue weighted by atomic mass is 32.1. The van der Waals surface area contributed by atoms with Crippen molar-refractivity contribution in [2.24, 2.45) is 0 Å². The summed E-state index contributed by atoms with van der Waals surface area (Å²) < 4.78 is 1.28. The average molecular weight is 791 g/mol. The van der Waals surface area contributed by atoms with Crippen molar-refractivity contribution < 1.29 is 0 Å². The standard InChI is InChI=1S/C58H34N2S/c1-2-11-40(12-3-1)58-59-50(34-51(60-58)44-17-5-6-18-45(44)53-33-41-13-4-7-22-52(41)61-53)36-25-23-35(24-26-36)43-31-42-30-29-39-15-9-20-47-46-19-8-14-37-27-28-38-16-10-21-48(56(38)54(37)46)49(32-43)57(42)55(39)47/h1-34H. The van der Waals surface area contributed by atoms with Crippen molar-refractivity contribution >= 4 is 86.1 Å². The first kappa shape index (κ1) is 34.2. The first-order valence-corrected chi connectivity index (χ1v) is 21.6. The van der Waals surface area contributed by atoms with Crippen molar-refractivity contribution in [1.29, 1.82) is 0 Å². The van der Waals surface area contributed by atoms with Gasteiger partial charge < -0.3 is 0 Å². The van der Waals surface area contributed by atoms with Crippen LogP contribution >= 0.6 is 11.3 Å². The molecule has 0 radical (unpaired) electrons. The summed E-state index contributed by atoms with van der Waals surface area (Å²) in [7, 11) is 0. The van der Waals surface area contributed by atoms with Gasteiger partial charge in [0, 0.05) is 31.8 Å². The number of aromatic nitrogens is 2. The molecule has 0 spiro atoms. The molecule has 2 heterocycles. The van der Waals surface area contributed by atoms with Crippen molar-refractivity contribution in [1.82, 2.24) is 9.97 Å². The molecule has 3 heteroatoms. The van der Waals surface area contributed by atoms with Gasteiger partial charge in [-0.3, -0.25) is 0 Å². The highest BCUT2D eigenvalue weighted by Gasteiger charge is 2.18. The molecule has 13 rings (SSSR count). The van der Waals surface area contributed by atoms with Crippen LogP contribution < -0.4 is 0 Å². The van der Waals surface area contributed by atoms with Gasteiger partial charge in [-0.2, -0.15) is 0 Å². The summed E-state index contributed by atoms with van der Waals surface area (Å²) in [5.74, 6) is 0.710. The van der Waals surface area contributed by atoms with Gasteiger partial charge in [0.1, 0.15) is 0 Å². The molecule has 0 saturated heterocycles. The molecule has 0 aliphatic carbocycles. The lowest BCUT2D eigenvalue weighted by Gasteiger charge is -2.17. The van der Waals surface area contributed by atoms with Crippen molar-refractivity contribution in [3.8, 4) is 55.5 Å². The molecular formula is C58H34N2S. The van der Waals surface area contributed by atoms with E-state index in [1.807, 2.05) is 17.4 Å². The smallest absolute Gasteiger partial charge is 0.160 e. The van der Waals surface area contributed by atoms with Crippen LogP contribution in [0.25, 0.3) is 130 Å². The summed E-state index contributed by atoms with van der Waals surface area (Å²) in [4.78, 5) is 11.7. The van der Waals surface area contributed by atoms with Gasteiger partial charge in [0.2, 0.25) is 0 Å². The monoisotopic (exact) mass is 790 g/mol. The Labute approximate surface area is 356 Å². The van der Waals surface area contributed by atoms with E-state index in [4.69, 9.17) is 9.97 Å². The fraction of sp³-hybridized carbons (Fsp3) is 0. The van der Waals surface area contributed by atoms with Crippen LogP contribution in [0.5, 0.6) is 0 Å². The normalized spacial score (nSPS) is 11.9. The van der Waals surface area contributed by atoms with Gasteiger partial charge in [0.05, 0.1) is 11.4 Å². The molecule has 13 aromatic rings. The van der Waals surface area contributed by atoms with Crippen LogP contribution in [0.4, 0.5) is 0 Å². The number of hydrogen-bond donors (Lipinski definition) is 0. The van der Waals surface area contributed by atoms with Crippen molar-refractivity contribution in [3.05, 3.63) is 206 Å². The fourth-order valence-electron chi connectivity index (χ4n) is 9.77. The number of benzene rings is 10. The Balaban J connectivity index is 0.995. The lowest BCUT2D eigenvalue weighted by molar-refractivity contribution is 1.18. The SMILES string of the molecule is c1ccc(-c2nc(-c3ccc(-c4cc5ccc6cccc7c8cccc9ccc%10cccc(c(c4)c5c67)c%10c98)cc3)cc(-c3ccccc3-c3cc4ccccc4s3)n2)cc1. The Morgan fingerprint density at radius 1 is 0.295 bits per heavy atom. The zero-order valence-corrected chi connectivity index (χ0v) is 33.7. The molecule has 2 nitrogen and oxygen atoms in total. The molecule has 11 aromatic carbocycles. The second-order valence-electron chi connectivity index (χ2n) is 16.1. The lowest BCUT2D eigenvalue weighted by atomic mass is 9.86. The van der Waals surface area contributed by atoms with E-state index in [-0.39, 0.29) is 0 Å². The molecule has 0 fully saturated rings. The third-order valence-corrected chi connectivity index (χ3v) is 13.7. The molecule has 61 heavy (non-hydrogen) atoms. The van der Waals surface area contributed by atoms with Crippen LogP contribution in [0.3, 0.4) is 0 Å². The minimum absolute atomic E-state index is 0.710. The fourth-order valence-corrected chi connectivity index (χ4v) is 10.9. The lowest BCUT2D eigenvalue weighted by Crippen LogP contribution is -1.96. The first-order chi connectivity index (χ1) is 30.2. The van der Waals surface area contributed by atoms with E-state index >= 15 is 0 Å². The summed E-state index contributed by atoms with van der Waals surface area (Å²) in [6, 6.07) is 75.2. The third kappa shape index (κ3) is 5.41. The Morgan fingerprint density at radius 2 is 0.836 bits per heavy atom. The van der Waals surface area contributed by atoms with Crippen LogP contribution in [-0.4, -0.2) is 9.97 Å². The molecule has 0 unspecified atom stereocenters. The zero-order chi connectivity index (χ0) is 40.0. The van der Waals surface area contributed by atoms with E-state index in [2.05, 4.69) is 200 Å². The van der Waals surface area contributed by atoms with Gasteiger partial charge in [-0.1, -0.05) is 176 Å². The number of fused-ring (bicyclic) bond motifs is 3. The number of hydrogen-bond acceptors (Lipinski definition) is 3. The number of rotatable bonds is 5. The Kier molecular flexibility index (Phi) is 7.51. The Bertz CT molecular complexity index is 3830. The molecule has 0 aliphatic rings. The van der Waals surface area contributed by atoms with Crippen LogP contribution in [0.2, 0.25) is 0 Å². The number of thiophene rings is 1. The predicted octanol–water partition coefficient (Wildman–Crippen LogP) is 16.4. The molecule has 0 aliphatic heterocycles. The molecule has 0 bridgehead atoms. The topological polar surface area (TPSA) is 25.8 Å². The van der Waals surface area contributed by atoms with Crippen molar-refractivity contribution in [2.75, 3.05) is 0 Å². The minimum atomic E-state index is 0.710. The highest BCUT2D eigenvalue weighted by Crippen LogP contribution is 2.45. The maximum Gasteiger partial charge on any atom is 0.160 e. The van der Waals surface area contributed by atoms with Crippen LogP contribution in [0.15, 0.2) is 206 Å². The summed E-state index contributed by atoms with van der Waals surface area (Å²) >= 11 is 1.82. The molecule has 282 valence electrons. The van der Waals surface area contributed by atoms with Crippen LogP contribution in [0.1, 0.15) is 0 Å². The van der Waals surface area contributed by atoms with E-state index < -0.39 is 0 Å². The number of nitrogens with zero attached hydrogens (tertiary/aromatic N) is 2. The molecule has 0 amide bonds. The second kappa shape index (κ2) is 13.4. The predicted molar refractivity (Wildman–Crippen MR) is 261 cm³/mol. The largest absolute Gasteiger partial charge is 0.228 e. The van der Waals surface area contributed by atoms with E-state index in [1.165, 1.54) is 90.7 Å². The summed E-state index contributed by atoms with van der Waals surface area (Å²) in [6.45, 7) is 0. The summed E-state index contributed by atoms with van der Waals surface area (Å²) in [6.07, 6.45) is 0. The average Bonchev–Trinajstić information content (AvgIpc) is 3.77. The maximum absolute atomic E-state index is 5.23. The van der Waals surface area contributed by atoms with Crippen molar-refractivity contribution in [3.63, 3.8) is 0 Å². The van der Waals surface area contributed by atoms with E-state index in [9.17, 15) is 0 Å². The zero-order valence-electron chi connectivity index (χ0n) is 32.9. The quantitative estimate of drug-likeness (QED) is 0.162. The van der Waals surface area contributed by atoms with Crippen molar-refractivity contribution in [2.45, 2.75) is 0 Å². The van der Waals surface area contributed by atoms with E-state index in [1.54, 1.807) is 0 Å². The molecular weight excluding hydrogens is 757 g/mol. The van der Waals surface area contributed by atoms with Crippen LogP contribution in [0, 0.1) is 0 Å². The van der Waals surface area contributed by atoms with Gasteiger partial charge in [-0.25, -0.2) is 9.97 Å². The van der Waals surface area contributed by atoms with E-state index in [0.717, 1.165) is 33.6 Å². The summed E-state index contributed by atoms with van der Waals surface area (Å²) in [5, 5.41) is 16.7.